The fourth-order valence-corrected chi connectivity index (χ4v) is 2.60. The second-order valence-corrected chi connectivity index (χ2v) is 6.69. The van der Waals surface area contributed by atoms with E-state index >= 15 is 0 Å². The molecule has 0 spiro atoms. The van der Waals surface area contributed by atoms with Crippen molar-refractivity contribution in [3.8, 4) is 0 Å². The summed E-state index contributed by atoms with van der Waals surface area (Å²) in [7, 11) is 0. The molecule has 27 heavy (non-hydrogen) atoms. The van der Waals surface area contributed by atoms with E-state index in [0.717, 1.165) is 5.56 Å². The van der Waals surface area contributed by atoms with Gasteiger partial charge in [-0.05, 0) is 24.8 Å². The minimum Gasteiger partial charge on any atom is -0.480 e. The number of benzene rings is 1. The molecule has 1 aromatic carbocycles. The van der Waals surface area contributed by atoms with Gasteiger partial charge in [0.25, 0.3) is 0 Å². The summed E-state index contributed by atoms with van der Waals surface area (Å²) in [5.74, 6) is -2.85. The Balaban J connectivity index is 2.88. The van der Waals surface area contributed by atoms with Gasteiger partial charge in [-0.25, -0.2) is 5.48 Å². The topological polar surface area (TPSA) is 128 Å². The van der Waals surface area contributed by atoms with Crippen LogP contribution in [0.3, 0.4) is 0 Å². The van der Waals surface area contributed by atoms with E-state index in [1.54, 1.807) is 0 Å². The predicted octanol–water partition coefficient (Wildman–Crippen LogP) is 0.944. The van der Waals surface area contributed by atoms with Gasteiger partial charge < -0.3 is 20.9 Å². The molecule has 0 bridgehead atoms. The van der Waals surface area contributed by atoms with Crippen molar-refractivity contribution in [1.82, 2.24) is 16.1 Å². The lowest BCUT2D eigenvalue weighted by Crippen LogP contribution is -2.55. The maximum Gasteiger partial charge on any atom is 0.325 e. The Bertz CT molecular complexity index is 623. The number of hydroxylamine groups is 1. The van der Waals surface area contributed by atoms with Crippen molar-refractivity contribution >= 4 is 17.8 Å². The first-order valence-electron chi connectivity index (χ1n) is 9.04. The van der Waals surface area contributed by atoms with Crippen LogP contribution in [-0.4, -0.2) is 46.7 Å². The second kappa shape index (κ2) is 11.3. The van der Waals surface area contributed by atoms with Crippen LogP contribution in [-0.2, 0) is 20.8 Å². The highest BCUT2D eigenvalue weighted by atomic mass is 16.5. The number of carbonyl (C=O) groups excluding carboxylic acids is 2. The molecule has 8 nitrogen and oxygen atoms in total. The van der Waals surface area contributed by atoms with Crippen molar-refractivity contribution in [3.05, 3.63) is 35.9 Å². The van der Waals surface area contributed by atoms with Crippen molar-refractivity contribution in [2.75, 3.05) is 6.54 Å². The summed E-state index contributed by atoms with van der Waals surface area (Å²) < 4.78 is 0. The molecule has 1 aromatic rings. The molecule has 0 aliphatic heterocycles. The van der Waals surface area contributed by atoms with Gasteiger partial charge in [0, 0.05) is 6.54 Å². The first-order chi connectivity index (χ1) is 12.8. The molecule has 0 fully saturated rings. The summed E-state index contributed by atoms with van der Waals surface area (Å²) in [6.45, 7) is 5.09. The van der Waals surface area contributed by atoms with Gasteiger partial charge in [0.05, 0.1) is 5.92 Å². The van der Waals surface area contributed by atoms with Gasteiger partial charge in [0.15, 0.2) is 0 Å². The van der Waals surface area contributed by atoms with Crippen LogP contribution in [0.1, 0.15) is 32.8 Å². The van der Waals surface area contributed by atoms with Gasteiger partial charge >= 0.3 is 5.97 Å². The monoisotopic (exact) mass is 379 g/mol. The molecular formula is C19H29N3O5. The molecule has 1 unspecified atom stereocenters. The summed E-state index contributed by atoms with van der Waals surface area (Å²) >= 11 is 0. The first-order valence-corrected chi connectivity index (χ1v) is 9.04. The smallest absolute Gasteiger partial charge is 0.325 e. The number of amides is 2. The number of carboxylic acids is 1. The number of carbonyl (C=O) groups is 3. The Morgan fingerprint density at radius 3 is 2.19 bits per heavy atom. The molecule has 2 amide bonds. The average Bonchev–Trinajstić information content (AvgIpc) is 2.65. The average molecular weight is 379 g/mol. The Hall–Kier alpha value is -2.45. The zero-order valence-corrected chi connectivity index (χ0v) is 15.9. The van der Waals surface area contributed by atoms with Crippen LogP contribution >= 0.6 is 0 Å². The van der Waals surface area contributed by atoms with Gasteiger partial charge in [-0.2, -0.15) is 0 Å². The number of rotatable bonds is 11. The third kappa shape index (κ3) is 7.36. The highest BCUT2D eigenvalue weighted by Crippen LogP contribution is 2.12. The van der Waals surface area contributed by atoms with Crippen LogP contribution in [0.15, 0.2) is 30.3 Å². The minimum atomic E-state index is -1.15. The van der Waals surface area contributed by atoms with Gasteiger partial charge in [0.2, 0.25) is 11.8 Å². The Morgan fingerprint density at radius 2 is 1.67 bits per heavy atom. The molecule has 1 rings (SSSR count). The fourth-order valence-electron chi connectivity index (χ4n) is 2.60. The third-order valence-electron chi connectivity index (χ3n) is 4.56. The number of carboxylic acid groups (broad SMARTS) is 1. The standard InChI is InChI=1S/C19H29N3O5/c1-4-12(2)16(18(24)21-13(3)19(25)26)22-17(23)15(11-20-27)10-14-8-6-5-7-9-14/h5-9,12-13,15-16,20,27H,4,10-11H2,1-3H3,(H,21,24)(H,22,23)(H,25,26)/t12?,13-,15-,16-/m0/s1. The Kier molecular flexibility index (Phi) is 9.46. The Morgan fingerprint density at radius 1 is 1.04 bits per heavy atom. The van der Waals surface area contributed by atoms with Gasteiger partial charge in [-0.15, -0.1) is 0 Å². The predicted molar refractivity (Wildman–Crippen MR) is 100 cm³/mol. The fraction of sp³-hybridized carbons (Fsp3) is 0.526. The maximum absolute atomic E-state index is 12.7. The lowest BCUT2D eigenvalue weighted by Gasteiger charge is -2.26. The molecule has 8 heteroatoms. The molecule has 4 atom stereocenters. The molecule has 0 heterocycles. The largest absolute Gasteiger partial charge is 0.480 e. The van der Waals surface area contributed by atoms with Gasteiger partial charge in [0.1, 0.15) is 12.1 Å². The van der Waals surface area contributed by atoms with E-state index in [0.29, 0.717) is 12.8 Å². The van der Waals surface area contributed by atoms with Gasteiger partial charge in [-0.3, -0.25) is 14.4 Å². The maximum atomic E-state index is 12.7. The number of aliphatic carboxylic acids is 1. The lowest BCUT2D eigenvalue weighted by atomic mass is 9.94. The summed E-state index contributed by atoms with van der Waals surface area (Å²) in [4.78, 5) is 36.2. The van der Waals surface area contributed by atoms with Crippen molar-refractivity contribution in [2.45, 2.75) is 45.7 Å². The second-order valence-electron chi connectivity index (χ2n) is 6.69. The zero-order valence-electron chi connectivity index (χ0n) is 15.9. The first kappa shape index (κ1) is 22.6. The SMILES string of the molecule is CCC(C)[C@H](NC(=O)[C@H](CNO)Cc1ccccc1)C(=O)N[C@@H](C)C(=O)O. The van der Waals surface area contributed by atoms with Crippen LogP contribution in [0, 0.1) is 11.8 Å². The lowest BCUT2D eigenvalue weighted by molar-refractivity contribution is -0.142. The molecule has 150 valence electrons. The molecule has 0 saturated carbocycles. The van der Waals surface area contributed by atoms with Crippen LogP contribution in [0.25, 0.3) is 0 Å². The van der Waals surface area contributed by atoms with Crippen LogP contribution in [0.2, 0.25) is 0 Å². The van der Waals surface area contributed by atoms with E-state index < -0.39 is 29.9 Å². The molecular weight excluding hydrogens is 350 g/mol. The normalized spacial score (nSPS) is 15.3. The van der Waals surface area contributed by atoms with E-state index in [-0.39, 0.29) is 18.4 Å². The van der Waals surface area contributed by atoms with E-state index in [1.807, 2.05) is 49.7 Å². The summed E-state index contributed by atoms with van der Waals surface area (Å²) in [6, 6.07) is 7.44. The Labute approximate surface area is 159 Å². The van der Waals surface area contributed by atoms with Gasteiger partial charge in [-0.1, -0.05) is 50.6 Å². The summed E-state index contributed by atoms with van der Waals surface area (Å²) in [5.41, 5.74) is 2.95. The van der Waals surface area contributed by atoms with Crippen molar-refractivity contribution < 1.29 is 24.7 Å². The highest BCUT2D eigenvalue weighted by Gasteiger charge is 2.30. The summed E-state index contributed by atoms with van der Waals surface area (Å²) in [5, 5.41) is 23.2. The van der Waals surface area contributed by atoms with Crippen LogP contribution < -0.4 is 16.1 Å². The minimum absolute atomic E-state index is 0.0289. The van der Waals surface area contributed by atoms with E-state index in [2.05, 4.69) is 10.6 Å². The van der Waals surface area contributed by atoms with E-state index in [9.17, 15) is 14.4 Å². The number of hydrogen-bond donors (Lipinski definition) is 5. The van der Waals surface area contributed by atoms with E-state index in [4.69, 9.17) is 10.3 Å². The number of hydrogen-bond acceptors (Lipinski definition) is 5. The van der Waals surface area contributed by atoms with Crippen molar-refractivity contribution in [3.63, 3.8) is 0 Å². The highest BCUT2D eigenvalue weighted by molar-refractivity contribution is 5.91. The van der Waals surface area contributed by atoms with Crippen LogP contribution in [0.4, 0.5) is 0 Å². The quantitative estimate of drug-likeness (QED) is 0.364. The zero-order chi connectivity index (χ0) is 20.4. The third-order valence-corrected chi connectivity index (χ3v) is 4.56. The molecule has 5 N–H and O–H groups in total. The molecule has 0 radical (unpaired) electrons. The molecule has 0 aromatic heterocycles. The van der Waals surface area contributed by atoms with Crippen LogP contribution in [0.5, 0.6) is 0 Å². The van der Waals surface area contributed by atoms with Crippen molar-refractivity contribution in [1.29, 1.82) is 0 Å². The molecule has 0 aliphatic rings. The summed E-state index contributed by atoms with van der Waals surface area (Å²) in [6.07, 6.45) is 1.02. The van der Waals surface area contributed by atoms with E-state index in [1.165, 1.54) is 6.92 Å². The molecule has 0 aliphatic carbocycles. The number of nitrogens with one attached hydrogen (secondary N) is 3. The molecule has 0 saturated heterocycles. The van der Waals surface area contributed by atoms with Crippen molar-refractivity contribution in [2.24, 2.45) is 11.8 Å².